The summed E-state index contributed by atoms with van der Waals surface area (Å²) in [6.45, 7) is 22.3. The molecule has 0 aliphatic heterocycles. The van der Waals surface area contributed by atoms with E-state index in [1.54, 1.807) is 0 Å². The van der Waals surface area contributed by atoms with Gasteiger partial charge in [-0.1, -0.05) is 159 Å². The number of anilines is 6. The van der Waals surface area contributed by atoms with Crippen molar-refractivity contribution in [2.75, 3.05) is 35.8 Å². The van der Waals surface area contributed by atoms with Crippen molar-refractivity contribution in [3.05, 3.63) is 250 Å². The van der Waals surface area contributed by atoms with Crippen LogP contribution < -0.4 is 14.7 Å². The summed E-state index contributed by atoms with van der Waals surface area (Å²) in [6, 6.07) is 71.9. The summed E-state index contributed by atoms with van der Waals surface area (Å²) in [7, 11) is 10.8. The molecule has 0 atom stereocenters. The van der Waals surface area contributed by atoms with Crippen molar-refractivity contribution in [3.63, 3.8) is 0 Å². The Morgan fingerprint density at radius 1 is 0.256 bits per heavy atom. The van der Waals surface area contributed by atoms with E-state index in [9.17, 15) is 0 Å². The lowest BCUT2D eigenvalue weighted by Gasteiger charge is -2.27. The molecule has 0 unspecified atom stereocenters. The zero-order chi connectivity index (χ0) is 57.7. The molecule has 0 N–H and O–H groups in total. The fraction of sp³-hybridized carbons (Fsp3) is 0.221. The Balaban J connectivity index is 0.000000129. The maximum atomic E-state index is 2.40. The van der Waals surface area contributed by atoms with Crippen LogP contribution in [0.4, 0.5) is 34.1 Å². The summed E-state index contributed by atoms with van der Waals surface area (Å²) in [6.07, 6.45) is 0. The van der Waals surface area contributed by atoms with Crippen LogP contribution in [0, 0.1) is 41.5 Å². The van der Waals surface area contributed by atoms with E-state index in [-0.39, 0.29) is 10.8 Å². The largest absolute Gasteiger partial charge is 0.345 e. The first-order valence-electron chi connectivity index (χ1n) is 29.0. The van der Waals surface area contributed by atoms with Gasteiger partial charge in [-0.25, -0.2) is 0 Å². The second-order valence-electron chi connectivity index (χ2n) is 24.7. The molecule has 2 aliphatic rings. The van der Waals surface area contributed by atoms with Crippen molar-refractivity contribution >= 4 is 77.7 Å². The smallest absolute Gasteiger partial charge is 0.0509 e. The molecule has 12 aromatic rings. The SMILES string of the molecule is Cc1ccc(N(C)c2ccc(C)cc2)cc1.Cc1ccc2c(c1)C(C)(C)c1cc(N(C)c3ccc4c(c3)C(C)(C)c3cc(C)ccc3-4)ccc1-2.Cc1ccc2c3ccc(N(C)c4ccc5c6ccc(C)cc6n(C)c5c4)cc3n(C)c2c1. The molecule has 0 fully saturated rings. The van der Waals surface area contributed by atoms with E-state index in [2.05, 4.69) is 322 Å². The molecule has 0 amide bonds. The van der Waals surface area contributed by atoms with Gasteiger partial charge in [-0.05, 0) is 182 Å². The Kier molecular flexibility index (Phi) is 13.3. The number of hydrogen-bond donors (Lipinski definition) is 0. The van der Waals surface area contributed by atoms with Gasteiger partial charge in [-0.2, -0.15) is 0 Å². The van der Waals surface area contributed by atoms with Crippen LogP contribution in [0.5, 0.6) is 0 Å². The third-order valence-electron chi connectivity index (χ3n) is 18.3. The zero-order valence-corrected chi connectivity index (χ0v) is 50.7. The van der Waals surface area contributed by atoms with Crippen molar-refractivity contribution in [1.29, 1.82) is 0 Å². The third kappa shape index (κ3) is 9.21. The van der Waals surface area contributed by atoms with Crippen LogP contribution in [0.25, 0.3) is 65.9 Å². The monoisotopic (exact) mass is 1070 g/mol. The second-order valence-corrected chi connectivity index (χ2v) is 24.7. The highest BCUT2D eigenvalue weighted by Crippen LogP contribution is 2.52. The van der Waals surface area contributed by atoms with Crippen molar-refractivity contribution in [3.8, 4) is 22.3 Å². The molecule has 0 bridgehead atoms. The summed E-state index contributed by atoms with van der Waals surface area (Å²) in [4.78, 5) is 6.82. The van der Waals surface area contributed by atoms with Crippen LogP contribution in [0.3, 0.4) is 0 Å². The minimum absolute atomic E-state index is 0.00691. The second kappa shape index (κ2) is 20.3. The Labute approximate surface area is 486 Å². The van der Waals surface area contributed by atoms with Gasteiger partial charge in [0.05, 0.1) is 11.0 Å². The predicted molar refractivity (Wildman–Crippen MR) is 354 cm³/mol. The van der Waals surface area contributed by atoms with Crippen molar-refractivity contribution < 1.29 is 0 Å². The minimum Gasteiger partial charge on any atom is -0.345 e. The van der Waals surface area contributed by atoms with Gasteiger partial charge < -0.3 is 23.8 Å². The first kappa shape index (κ1) is 53.8. The number of fused-ring (bicyclic) bond motifs is 12. The topological polar surface area (TPSA) is 19.6 Å². The van der Waals surface area contributed by atoms with E-state index in [0.29, 0.717) is 0 Å². The number of rotatable bonds is 6. The molecule has 410 valence electrons. The predicted octanol–water partition coefficient (Wildman–Crippen LogP) is 20.1. The average Bonchev–Trinajstić information content (AvgIpc) is 2.35. The van der Waals surface area contributed by atoms with E-state index >= 15 is 0 Å². The molecule has 2 aromatic heterocycles. The van der Waals surface area contributed by atoms with E-state index < -0.39 is 0 Å². The molecule has 10 aromatic carbocycles. The lowest BCUT2D eigenvalue weighted by Crippen LogP contribution is -2.18. The average molecular weight is 1070 g/mol. The van der Waals surface area contributed by atoms with Crippen LogP contribution in [-0.4, -0.2) is 30.3 Å². The fourth-order valence-electron chi connectivity index (χ4n) is 13.1. The molecule has 0 saturated carbocycles. The zero-order valence-electron chi connectivity index (χ0n) is 50.7. The van der Waals surface area contributed by atoms with Crippen LogP contribution in [-0.2, 0) is 24.9 Å². The van der Waals surface area contributed by atoms with E-state index in [1.807, 2.05) is 0 Å². The number of benzene rings is 10. The molecule has 5 heteroatoms. The van der Waals surface area contributed by atoms with E-state index in [1.165, 1.54) is 156 Å². The van der Waals surface area contributed by atoms with Gasteiger partial charge in [0, 0.05) is 113 Å². The van der Waals surface area contributed by atoms with Crippen LogP contribution >= 0.6 is 0 Å². The molecule has 0 saturated heterocycles. The maximum Gasteiger partial charge on any atom is 0.0509 e. The van der Waals surface area contributed by atoms with Gasteiger partial charge in [0.2, 0.25) is 0 Å². The van der Waals surface area contributed by atoms with Crippen molar-refractivity contribution in [2.45, 2.75) is 80.1 Å². The molecule has 82 heavy (non-hydrogen) atoms. The van der Waals surface area contributed by atoms with Crippen LogP contribution in [0.15, 0.2) is 194 Å². The number of hydrogen-bond acceptors (Lipinski definition) is 3. The van der Waals surface area contributed by atoms with E-state index in [0.717, 1.165) is 0 Å². The fourth-order valence-corrected chi connectivity index (χ4v) is 13.1. The Bertz CT molecular complexity index is 4180. The highest BCUT2D eigenvalue weighted by Gasteiger charge is 2.37. The molecule has 2 heterocycles. The van der Waals surface area contributed by atoms with Gasteiger partial charge in [0.15, 0.2) is 0 Å². The molecule has 0 spiro atoms. The highest BCUT2D eigenvalue weighted by molar-refractivity contribution is 6.10. The molecule has 14 rings (SSSR count). The number of aromatic nitrogens is 2. The Hall–Kier alpha value is -8.80. The standard InChI is InChI=1S/C33H33N.C29H27N3.C15H17N/c1-20-8-12-24-26-14-10-22(18-30(26)32(3,4)28(24)16-20)34(7)23-11-15-27-25-13-9-21(2)17-29(25)33(5,6)31(27)19-23;1-18-6-10-22-24-12-8-20(16-28(24)31(4)26(22)14-18)30(3)21-9-13-25-23-11-7-19(2)15-27(23)32(5)29(25)17-21;1-12-4-8-14(9-5-12)16(3)15-10-6-13(2)7-11-15/h8-19H,1-7H3;6-17H,1-5H3;4-11H,1-3H3. The van der Waals surface area contributed by atoms with Gasteiger partial charge in [-0.3, -0.25) is 0 Å². The lowest BCUT2D eigenvalue weighted by molar-refractivity contribution is 0.659. The van der Waals surface area contributed by atoms with Gasteiger partial charge in [0.1, 0.15) is 0 Å². The first-order chi connectivity index (χ1) is 39.2. The summed E-state index contributed by atoms with van der Waals surface area (Å²) < 4.78 is 4.62. The normalized spacial score (nSPS) is 13.3. The first-order valence-corrected chi connectivity index (χ1v) is 29.0. The van der Waals surface area contributed by atoms with Crippen molar-refractivity contribution in [1.82, 2.24) is 9.13 Å². The Morgan fingerprint density at radius 2 is 0.488 bits per heavy atom. The van der Waals surface area contributed by atoms with Crippen molar-refractivity contribution in [2.24, 2.45) is 14.1 Å². The van der Waals surface area contributed by atoms with Crippen LogP contribution in [0.2, 0.25) is 0 Å². The quantitative estimate of drug-likeness (QED) is 0.165. The Morgan fingerprint density at radius 3 is 0.854 bits per heavy atom. The third-order valence-corrected chi connectivity index (χ3v) is 18.3. The summed E-state index contributed by atoms with van der Waals surface area (Å²) in [5.41, 5.74) is 31.4. The summed E-state index contributed by atoms with van der Waals surface area (Å²) in [5, 5.41) is 5.24. The molecule has 5 nitrogen and oxygen atoms in total. The highest BCUT2D eigenvalue weighted by atomic mass is 15.1. The van der Waals surface area contributed by atoms with Gasteiger partial charge >= 0.3 is 0 Å². The molecule has 2 aliphatic carbocycles. The van der Waals surface area contributed by atoms with Gasteiger partial charge in [0.25, 0.3) is 0 Å². The number of aryl methyl sites for hydroxylation is 8. The molecule has 0 radical (unpaired) electrons. The number of nitrogens with zero attached hydrogens (tertiary/aromatic N) is 5. The minimum atomic E-state index is 0.00691. The summed E-state index contributed by atoms with van der Waals surface area (Å²) in [5.74, 6) is 0. The van der Waals surface area contributed by atoms with Gasteiger partial charge in [-0.15, -0.1) is 0 Å². The van der Waals surface area contributed by atoms with E-state index in [4.69, 9.17) is 0 Å². The molecular formula is C77H77N5. The maximum absolute atomic E-state index is 2.40. The molecular weight excluding hydrogens is 995 g/mol. The van der Waals surface area contributed by atoms with Crippen LogP contribution in [0.1, 0.15) is 83.3 Å². The lowest BCUT2D eigenvalue weighted by atomic mass is 9.81. The summed E-state index contributed by atoms with van der Waals surface area (Å²) >= 11 is 0.